The maximum atomic E-state index is 12.4. The van der Waals surface area contributed by atoms with E-state index >= 15 is 0 Å². The van der Waals surface area contributed by atoms with Gasteiger partial charge >= 0.3 is 6.03 Å². The molecule has 6 nitrogen and oxygen atoms in total. The Morgan fingerprint density at radius 3 is 2.70 bits per heavy atom. The Balaban J connectivity index is 2.10. The molecule has 0 fully saturated rings. The largest absolute Gasteiger partial charge is 0.329 e. The lowest BCUT2D eigenvalue weighted by Gasteiger charge is -2.24. The molecule has 106 valence electrons. The molecule has 1 amide bonds. The van der Waals surface area contributed by atoms with Crippen molar-refractivity contribution in [2.24, 2.45) is 0 Å². The highest BCUT2D eigenvalue weighted by atomic mass is 16.2. The highest BCUT2D eigenvalue weighted by Crippen LogP contribution is 2.05. The first kappa shape index (κ1) is 14.2. The van der Waals surface area contributed by atoms with Gasteiger partial charge in [0, 0.05) is 44.4 Å². The van der Waals surface area contributed by atoms with Crippen molar-refractivity contribution in [3.8, 4) is 0 Å². The van der Waals surface area contributed by atoms with Crippen LogP contribution in [0.1, 0.15) is 5.56 Å². The van der Waals surface area contributed by atoms with Gasteiger partial charge in [-0.05, 0) is 25.7 Å². The molecule has 0 bridgehead atoms. The van der Waals surface area contributed by atoms with Crippen LogP contribution in [0.4, 0.5) is 4.79 Å². The topological polar surface area (TPSA) is 54.3 Å². The SMILES string of the molecule is CN(C)CCN(Cc1cccnc1)C(=O)n1ccnc1. The molecule has 0 N–H and O–H groups in total. The summed E-state index contributed by atoms with van der Waals surface area (Å²) >= 11 is 0. The fraction of sp³-hybridized carbons (Fsp3) is 0.357. The summed E-state index contributed by atoms with van der Waals surface area (Å²) in [6, 6.07) is 3.77. The van der Waals surface area contributed by atoms with Gasteiger partial charge in [-0.25, -0.2) is 9.78 Å². The van der Waals surface area contributed by atoms with E-state index in [2.05, 4.69) is 14.9 Å². The van der Waals surface area contributed by atoms with Crippen molar-refractivity contribution in [3.63, 3.8) is 0 Å². The van der Waals surface area contributed by atoms with Crippen LogP contribution in [-0.2, 0) is 6.54 Å². The Morgan fingerprint density at radius 2 is 2.10 bits per heavy atom. The molecule has 0 atom stereocenters. The van der Waals surface area contributed by atoms with Crippen molar-refractivity contribution in [2.75, 3.05) is 27.2 Å². The van der Waals surface area contributed by atoms with E-state index in [0.29, 0.717) is 13.1 Å². The third-order valence-corrected chi connectivity index (χ3v) is 2.91. The Morgan fingerprint density at radius 1 is 1.25 bits per heavy atom. The van der Waals surface area contributed by atoms with Crippen LogP contribution in [0.15, 0.2) is 43.2 Å². The third kappa shape index (κ3) is 3.89. The number of likely N-dealkylation sites (N-methyl/N-ethyl adjacent to an activating group) is 1. The summed E-state index contributed by atoms with van der Waals surface area (Å²) in [5, 5.41) is 0. The molecule has 6 heteroatoms. The summed E-state index contributed by atoms with van der Waals surface area (Å²) in [6.07, 6.45) is 8.30. The highest BCUT2D eigenvalue weighted by Gasteiger charge is 2.15. The summed E-state index contributed by atoms with van der Waals surface area (Å²) in [4.78, 5) is 24.3. The molecule has 2 rings (SSSR count). The smallest absolute Gasteiger partial charge is 0.318 e. The van der Waals surface area contributed by atoms with Gasteiger partial charge < -0.3 is 9.80 Å². The standard InChI is InChI=1S/C14H19N5O/c1-17(2)8-9-18(11-13-4-3-5-15-10-13)14(20)19-7-6-16-12-19/h3-7,10,12H,8-9,11H2,1-2H3. The first-order valence-electron chi connectivity index (χ1n) is 6.47. The monoisotopic (exact) mass is 273 g/mol. The molecule has 2 aromatic heterocycles. The summed E-state index contributed by atoms with van der Waals surface area (Å²) in [5.74, 6) is 0. The maximum absolute atomic E-state index is 12.4. The number of hydrogen-bond acceptors (Lipinski definition) is 4. The minimum Gasteiger partial charge on any atom is -0.318 e. The Bertz CT molecular complexity index is 524. The van der Waals surface area contributed by atoms with E-state index in [4.69, 9.17) is 0 Å². The number of aromatic nitrogens is 3. The van der Waals surface area contributed by atoms with Crippen LogP contribution in [0.3, 0.4) is 0 Å². The van der Waals surface area contributed by atoms with Crippen LogP contribution in [0, 0.1) is 0 Å². The first-order chi connectivity index (χ1) is 9.66. The van der Waals surface area contributed by atoms with Gasteiger partial charge in [0.05, 0.1) is 0 Å². The second-order valence-electron chi connectivity index (χ2n) is 4.84. The van der Waals surface area contributed by atoms with E-state index in [0.717, 1.165) is 12.1 Å². The van der Waals surface area contributed by atoms with Crippen LogP contribution in [0.5, 0.6) is 0 Å². The van der Waals surface area contributed by atoms with Crippen LogP contribution >= 0.6 is 0 Å². The van der Waals surface area contributed by atoms with Crippen molar-refractivity contribution in [1.29, 1.82) is 0 Å². The molecule has 0 aromatic carbocycles. The first-order valence-corrected chi connectivity index (χ1v) is 6.47. The van der Waals surface area contributed by atoms with Crippen LogP contribution in [0.25, 0.3) is 0 Å². The van der Waals surface area contributed by atoms with Crippen LogP contribution in [-0.4, -0.2) is 57.6 Å². The summed E-state index contributed by atoms with van der Waals surface area (Å²) in [7, 11) is 3.98. The number of amides is 1. The van der Waals surface area contributed by atoms with Crippen molar-refractivity contribution in [1.82, 2.24) is 24.3 Å². The zero-order valence-electron chi connectivity index (χ0n) is 11.8. The van der Waals surface area contributed by atoms with Crippen LogP contribution < -0.4 is 0 Å². The molecule has 2 aromatic rings. The molecule has 0 saturated heterocycles. The molecule has 0 aliphatic rings. The van der Waals surface area contributed by atoms with E-state index in [1.54, 1.807) is 29.7 Å². The molecule has 0 unspecified atom stereocenters. The highest BCUT2D eigenvalue weighted by molar-refractivity contribution is 5.76. The number of pyridine rings is 1. The fourth-order valence-electron chi connectivity index (χ4n) is 1.81. The zero-order chi connectivity index (χ0) is 14.4. The summed E-state index contributed by atoms with van der Waals surface area (Å²) < 4.78 is 1.49. The van der Waals surface area contributed by atoms with Gasteiger partial charge in [0.1, 0.15) is 6.33 Å². The number of nitrogens with zero attached hydrogens (tertiary/aromatic N) is 5. The molecule has 0 radical (unpaired) electrons. The predicted molar refractivity (Wildman–Crippen MR) is 76.2 cm³/mol. The molecule has 0 aliphatic heterocycles. The molecular weight excluding hydrogens is 254 g/mol. The van der Waals surface area contributed by atoms with Gasteiger partial charge in [-0.3, -0.25) is 9.55 Å². The summed E-state index contributed by atoms with van der Waals surface area (Å²) in [6.45, 7) is 2.00. The molecule has 2 heterocycles. The number of rotatable bonds is 5. The second kappa shape index (κ2) is 6.81. The predicted octanol–water partition coefficient (Wildman–Crippen LogP) is 1.31. The normalized spacial score (nSPS) is 10.8. The number of imidazole rings is 1. The second-order valence-corrected chi connectivity index (χ2v) is 4.84. The Labute approximate surface area is 118 Å². The molecular formula is C14H19N5O. The fourth-order valence-corrected chi connectivity index (χ4v) is 1.81. The quantitative estimate of drug-likeness (QED) is 0.824. The van der Waals surface area contributed by atoms with Gasteiger partial charge in [-0.1, -0.05) is 6.07 Å². The maximum Gasteiger partial charge on any atom is 0.329 e. The number of hydrogen-bond donors (Lipinski definition) is 0. The third-order valence-electron chi connectivity index (χ3n) is 2.91. The van der Waals surface area contributed by atoms with Gasteiger partial charge in [0.25, 0.3) is 0 Å². The number of carbonyl (C=O) groups is 1. The molecule has 20 heavy (non-hydrogen) atoms. The zero-order valence-corrected chi connectivity index (χ0v) is 11.8. The van der Waals surface area contributed by atoms with E-state index < -0.39 is 0 Å². The van der Waals surface area contributed by atoms with Gasteiger partial charge in [0.15, 0.2) is 0 Å². The van der Waals surface area contributed by atoms with Gasteiger partial charge in [-0.2, -0.15) is 0 Å². The molecule has 0 aliphatic carbocycles. The van der Waals surface area contributed by atoms with E-state index in [1.165, 1.54) is 10.9 Å². The minimum atomic E-state index is -0.0757. The number of carbonyl (C=O) groups excluding carboxylic acids is 1. The minimum absolute atomic E-state index is 0.0757. The summed E-state index contributed by atoms with van der Waals surface area (Å²) in [5.41, 5.74) is 1.01. The molecule has 0 spiro atoms. The average Bonchev–Trinajstić information content (AvgIpc) is 2.97. The van der Waals surface area contributed by atoms with E-state index in [-0.39, 0.29) is 6.03 Å². The van der Waals surface area contributed by atoms with Crippen molar-refractivity contribution < 1.29 is 4.79 Å². The molecule has 0 saturated carbocycles. The lowest BCUT2D eigenvalue weighted by Crippen LogP contribution is -2.38. The van der Waals surface area contributed by atoms with Crippen molar-refractivity contribution >= 4 is 6.03 Å². The lowest BCUT2D eigenvalue weighted by molar-refractivity contribution is 0.190. The van der Waals surface area contributed by atoms with Gasteiger partial charge in [0.2, 0.25) is 0 Å². The van der Waals surface area contributed by atoms with E-state index in [9.17, 15) is 4.79 Å². The lowest BCUT2D eigenvalue weighted by atomic mass is 10.2. The van der Waals surface area contributed by atoms with E-state index in [1.807, 2.05) is 26.2 Å². The average molecular weight is 273 g/mol. The van der Waals surface area contributed by atoms with Crippen LogP contribution in [0.2, 0.25) is 0 Å². The van der Waals surface area contributed by atoms with Crippen molar-refractivity contribution in [2.45, 2.75) is 6.54 Å². The Hall–Kier alpha value is -2.21. The van der Waals surface area contributed by atoms with Gasteiger partial charge in [-0.15, -0.1) is 0 Å². The van der Waals surface area contributed by atoms with Crippen molar-refractivity contribution in [3.05, 3.63) is 48.8 Å². The Kier molecular flexibility index (Phi) is 4.84.